The first-order chi connectivity index (χ1) is 13.7. The zero-order chi connectivity index (χ0) is 19.3. The minimum Gasteiger partial charge on any atom is -0.445 e. The van der Waals surface area contributed by atoms with Crippen LogP contribution in [0.3, 0.4) is 0 Å². The summed E-state index contributed by atoms with van der Waals surface area (Å²) in [4.78, 5) is 14.6. The quantitative estimate of drug-likeness (QED) is 0.749. The van der Waals surface area contributed by atoms with Crippen molar-refractivity contribution >= 4 is 11.7 Å². The largest absolute Gasteiger partial charge is 0.445 e. The molecule has 28 heavy (non-hydrogen) atoms. The number of amides is 1. The first kappa shape index (κ1) is 18.8. The van der Waals surface area contributed by atoms with Gasteiger partial charge in [0.25, 0.3) is 0 Å². The highest BCUT2D eigenvalue weighted by Crippen LogP contribution is 2.33. The van der Waals surface area contributed by atoms with E-state index in [-0.39, 0.29) is 18.2 Å². The summed E-state index contributed by atoms with van der Waals surface area (Å²) in [5.41, 5.74) is 4.91. The van der Waals surface area contributed by atoms with E-state index in [0.717, 1.165) is 24.8 Å². The standard InChI is InChI=1S/C24H27NO3/c1-2-6-18-9-11-20(12-10-18)21-13-22-16-27-17-23(14-21)25(22)24(26)28-15-19-7-4-3-5-8-19/h3-5,7-13,22-23H,2,6,14-17H2,1H3. The minimum absolute atomic E-state index is 0.0253. The number of hydrogen-bond donors (Lipinski definition) is 0. The van der Waals surface area contributed by atoms with Crippen LogP contribution < -0.4 is 0 Å². The fraction of sp³-hybridized carbons (Fsp3) is 0.375. The van der Waals surface area contributed by atoms with Gasteiger partial charge < -0.3 is 9.47 Å². The lowest BCUT2D eigenvalue weighted by Gasteiger charge is -2.43. The molecule has 2 aliphatic heterocycles. The second-order valence-electron chi connectivity index (χ2n) is 7.55. The van der Waals surface area contributed by atoms with Crippen LogP contribution in [0.4, 0.5) is 4.79 Å². The summed E-state index contributed by atoms with van der Waals surface area (Å²) >= 11 is 0. The van der Waals surface area contributed by atoms with Gasteiger partial charge >= 0.3 is 6.09 Å². The van der Waals surface area contributed by atoms with Crippen LogP contribution in [0.15, 0.2) is 60.7 Å². The molecule has 2 aliphatic rings. The molecule has 2 aromatic rings. The van der Waals surface area contributed by atoms with Crippen LogP contribution in [0.1, 0.15) is 36.5 Å². The Morgan fingerprint density at radius 3 is 2.57 bits per heavy atom. The van der Waals surface area contributed by atoms with Gasteiger partial charge in [-0.15, -0.1) is 0 Å². The SMILES string of the molecule is CCCc1ccc(C2=CC3COCC(C2)N3C(=O)OCc2ccccc2)cc1. The van der Waals surface area contributed by atoms with E-state index >= 15 is 0 Å². The third-order valence-corrected chi connectivity index (χ3v) is 5.48. The Hall–Kier alpha value is -2.59. The van der Waals surface area contributed by atoms with Gasteiger partial charge in [0, 0.05) is 0 Å². The molecule has 4 heteroatoms. The summed E-state index contributed by atoms with van der Waals surface area (Å²) in [5.74, 6) is 0. The van der Waals surface area contributed by atoms with Crippen LogP contribution in [0.5, 0.6) is 0 Å². The van der Waals surface area contributed by atoms with Crippen molar-refractivity contribution in [2.24, 2.45) is 0 Å². The van der Waals surface area contributed by atoms with Gasteiger partial charge in [0.1, 0.15) is 6.61 Å². The van der Waals surface area contributed by atoms with E-state index in [9.17, 15) is 4.79 Å². The van der Waals surface area contributed by atoms with Crippen molar-refractivity contribution in [2.45, 2.75) is 44.9 Å². The molecule has 2 bridgehead atoms. The van der Waals surface area contributed by atoms with Crippen LogP contribution >= 0.6 is 0 Å². The number of benzene rings is 2. The number of carbonyl (C=O) groups excluding carboxylic acids is 1. The van der Waals surface area contributed by atoms with Crippen LogP contribution in [0.25, 0.3) is 5.57 Å². The second-order valence-corrected chi connectivity index (χ2v) is 7.55. The molecule has 0 radical (unpaired) electrons. The molecule has 1 saturated heterocycles. The van der Waals surface area contributed by atoms with E-state index in [0.29, 0.717) is 19.8 Å². The number of aryl methyl sites for hydroxylation is 1. The molecule has 0 aromatic heterocycles. The zero-order valence-corrected chi connectivity index (χ0v) is 16.3. The Balaban J connectivity index is 1.47. The number of nitrogens with zero attached hydrogens (tertiary/aromatic N) is 1. The van der Waals surface area contributed by atoms with Crippen LogP contribution in [-0.2, 0) is 22.5 Å². The normalized spacial score (nSPS) is 21.2. The van der Waals surface area contributed by atoms with Crippen molar-refractivity contribution in [1.82, 2.24) is 4.90 Å². The van der Waals surface area contributed by atoms with E-state index in [2.05, 4.69) is 37.3 Å². The number of rotatable bonds is 5. The summed E-state index contributed by atoms with van der Waals surface area (Å²) in [5, 5.41) is 0. The predicted octanol–water partition coefficient (Wildman–Crippen LogP) is 4.83. The molecule has 4 rings (SSSR count). The van der Waals surface area contributed by atoms with Crippen molar-refractivity contribution in [3.63, 3.8) is 0 Å². The number of fused-ring (bicyclic) bond motifs is 2. The number of morpholine rings is 1. The summed E-state index contributed by atoms with van der Waals surface area (Å²) in [6.45, 7) is 3.58. The van der Waals surface area contributed by atoms with Gasteiger partial charge in [-0.1, -0.05) is 74.0 Å². The molecule has 0 saturated carbocycles. The highest BCUT2D eigenvalue weighted by Gasteiger charge is 2.39. The number of carbonyl (C=O) groups is 1. The van der Waals surface area contributed by atoms with Crippen molar-refractivity contribution in [3.8, 4) is 0 Å². The molecule has 0 aliphatic carbocycles. The highest BCUT2D eigenvalue weighted by atomic mass is 16.6. The molecule has 146 valence electrons. The number of ether oxygens (including phenoxy) is 2. The summed E-state index contributed by atoms with van der Waals surface area (Å²) in [6.07, 6.45) is 4.98. The lowest BCUT2D eigenvalue weighted by Crippen LogP contribution is -2.56. The van der Waals surface area contributed by atoms with Gasteiger partial charge in [-0.25, -0.2) is 4.79 Å². The van der Waals surface area contributed by atoms with Gasteiger partial charge in [-0.05, 0) is 35.1 Å². The molecule has 1 amide bonds. The average Bonchev–Trinajstić information content (AvgIpc) is 2.72. The topological polar surface area (TPSA) is 38.8 Å². The number of hydrogen-bond acceptors (Lipinski definition) is 3. The molecule has 2 unspecified atom stereocenters. The third-order valence-electron chi connectivity index (χ3n) is 5.48. The second kappa shape index (κ2) is 8.61. The first-order valence-corrected chi connectivity index (χ1v) is 10.1. The fourth-order valence-electron chi connectivity index (χ4n) is 4.06. The lowest BCUT2D eigenvalue weighted by molar-refractivity contribution is -0.0342. The minimum atomic E-state index is -0.254. The molecular formula is C24H27NO3. The van der Waals surface area contributed by atoms with Gasteiger partial charge in [-0.2, -0.15) is 0 Å². The van der Waals surface area contributed by atoms with Crippen molar-refractivity contribution in [1.29, 1.82) is 0 Å². The van der Waals surface area contributed by atoms with Gasteiger partial charge in [-0.3, -0.25) is 4.90 Å². The Bertz CT molecular complexity index is 829. The van der Waals surface area contributed by atoms with Gasteiger partial charge in [0.15, 0.2) is 0 Å². The molecule has 2 aromatic carbocycles. The Morgan fingerprint density at radius 1 is 1.07 bits per heavy atom. The smallest absolute Gasteiger partial charge is 0.411 e. The summed E-state index contributed by atoms with van der Waals surface area (Å²) < 4.78 is 11.3. The van der Waals surface area contributed by atoms with Gasteiger partial charge in [0.2, 0.25) is 0 Å². The molecule has 0 N–H and O–H groups in total. The van der Waals surface area contributed by atoms with E-state index in [1.165, 1.54) is 16.7 Å². The Labute approximate surface area is 166 Å². The Kier molecular flexibility index (Phi) is 5.77. The molecule has 2 atom stereocenters. The fourth-order valence-corrected chi connectivity index (χ4v) is 4.06. The zero-order valence-electron chi connectivity index (χ0n) is 16.3. The average molecular weight is 377 g/mol. The maximum atomic E-state index is 12.8. The van der Waals surface area contributed by atoms with Crippen LogP contribution in [-0.4, -0.2) is 36.3 Å². The molecule has 0 spiro atoms. The molecular weight excluding hydrogens is 350 g/mol. The maximum absolute atomic E-state index is 12.8. The summed E-state index contributed by atoms with van der Waals surface area (Å²) in [6, 6.07) is 18.6. The predicted molar refractivity (Wildman–Crippen MR) is 110 cm³/mol. The highest BCUT2D eigenvalue weighted by molar-refractivity contribution is 5.74. The van der Waals surface area contributed by atoms with Crippen LogP contribution in [0.2, 0.25) is 0 Å². The van der Waals surface area contributed by atoms with E-state index in [4.69, 9.17) is 9.47 Å². The molecule has 2 heterocycles. The van der Waals surface area contributed by atoms with Crippen LogP contribution in [0, 0.1) is 0 Å². The van der Waals surface area contributed by atoms with E-state index in [1.807, 2.05) is 35.2 Å². The van der Waals surface area contributed by atoms with Crippen molar-refractivity contribution in [2.75, 3.05) is 13.2 Å². The first-order valence-electron chi connectivity index (χ1n) is 10.1. The van der Waals surface area contributed by atoms with Crippen molar-refractivity contribution < 1.29 is 14.3 Å². The third kappa shape index (κ3) is 4.12. The Morgan fingerprint density at radius 2 is 1.86 bits per heavy atom. The summed E-state index contributed by atoms with van der Waals surface area (Å²) in [7, 11) is 0. The van der Waals surface area contributed by atoms with Gasteiger partial charge in [0.05, 0.1) is 25.3 Å². The maximum Gasteiger partial charge on any atom is 0.411 e. The van der Waals surface area contributed by atoms with E-state index in [1.54, 1.807) is 0 Å². The lowest BCUT2D eigenvalue weighted by atomic mass is 9.89. The van der Waals surface area contributed by atoms with E-state index < -0.39 is 0 Å². The molecule has 1 fully saturated rings. The van der Waals surface area contributed by atoms with Crippen molar-refractivity contribution in [3.05, 3.63) is 77.4 Å². The molecule has 4 nitrogen and oxygen atoms in total. The monoisotopic (exact) mass is 377 g/mol.